The van der Waals surface area contributed by atoms with Gasteiger partial charge in [0.2, 0.25) is 5.88 Å². The maximum atomic E-state index is 16.8. The summed E-state index contributed by atoms with van der Waals surface area (Å²) in [4.78, 5) is 18.1. The van der Waals surface area contributed by atoms with E-state index in [1.165, 1.54) is 18.2 Å². The van der Waals surface area contributed by atoms with Crippen molar-refractivity contribution in [2.75, 3.05) is 38.3 Å². The molecular formula is C32H32F3N5O3. The third kappa shape index (κ3) is 3.96. The molecule has 11 heteroatoms. The molecule has 2 saturated heterocycles. The number of aryl methyl sites for hydroxylation is 1. The standard InChI is InChI=1S/C32H32F3N5O3/c1-3-20-22(34)6-5-17-11-19(41)12-21(23(17)20)26-25(35)27-24-28(39(2)31(8-9-31)15-42-29(24)36-26)38-30(37-27)43-16-32-7-4-10-40(32)14-18(33)13-32/h5-6,11-12,18,41H,3-4,7-10,13-16H2,1-2H3/t18-,32+/m1/s1. The van der Waals surface area contributed by atoms with Gasteiger partial charge in [-0.2, -0.15) is 9.97 Å². The summed E-state index contributed by atoms with van der Waals surface area (Å²) in [6.45, 7) is 3.56. The summed E-state index contributed by atoms with van der Waals surface area (Å²) in [6, 6.07) is 5.83. The zero-order chi connectivity index (χ0) is 29.7. The van der Waals surface area contributed by atoms with Crippen molar-refractivity contribution < 1.29 is 27.8 Å². The summed E-state index contributed by atoms with van der Waals surface area (Å²) in [7, 11) is 1.91. The van der Waals surface area contributed by atoms with Gasteiger partial charge in [0.1, 0.15) is 53.4 Å². The van der Waals surface area contributed by atoms with Crippen LogP contribution in [-0.2, 0) is 6.42 Å². The van der Waals surface area contributed by atoms with Crippen LogP contribution in [0.4, 0.5) is 19.0 Å². The number of fused-ring (bicyclic) bond motifs is 2. The van der Waals surface area contributed by atoms with Crippen molar-refractivity contribution in [3.8, 4) is 28.9 Å². The number of phenols is 1. The Labute approximate surface area is 246 Å². The fraction of sp³-hybridized carbons (Fsp3) is 0.469. The number of rotatable bonds is 5. The lowest BCUT2D eigenvalue weighted by atomic mass is 9.94. The number of anilines is 1. The van der Waals surface area contributed by atoms with Gasteiger partial charge in [-0.1, -0.05) is 13.0 Å². The second kappa shape index (κ2) is 9.32. The molecule has 5 heterocycles. The summed E-state index contributed by atoms with van der Waals surface area (Å²) in [5, 5.41) is 12.0. The number of pyridine rings is 1. The number of hydrogen-bond acceptors (Lipinski definition) is 8. The van der Waals surface area contributed by atoms with Gasteiger partial charge in [0.25, 0.3) is 0 Å². The first-order valence-electron chi connectivity index (χ1n) is 15.0. The molecule has 8 rings (SSSR count). The Hall–Kier alpha value is -3.86. The smallest absolute Gasteiger partial charge is 0.319 e. The van der Waals surface area contributed by atoms with Crippen molar-refractivity contribution in [1.82, 2.24) is 19.9 Å². The minimum Gasteiger partial charge on any atom is -0.508 e. The van der Waals surface area contributed by atoms with Crippen molar-refractivity contribution in [2.24, 2.45) is 0 Å². The molecule has 0 radical (unpaired) electrons. The fourth-order valence-corrected chi connectivity index (χ4v) is 7.52. The summed E-state index contributed by atoms with van der Waals surface area (Å²) in [5.74, 6) is -0.639. The molecule has 4 aliphatic rings. The van der Waals surface area contributed by atoms with Crippen LogP contribution in [0.1, 0.15) is 44.6 Å². The minimum absolute atomic E-state index is 0.00126. The predicted molar refractivity (Wildman–Crippen MR) is 156 cm³/mol. The molecule has 1 spiro atoms. The lowest BCUT2D eigenvalue weighted by Gasteiger charge is -2.31. The Morgan fingerprint density at radius 3 is 2.74 bits per heavy atom. The Morgan fingerprint density at radius 1 is 1.12 bits per heavy atom. The van der Waals surface area contributed by atoms with E-state index >= 15 is 4.39 Å². The highest BCUT2D eigenvalue weighted by Gasteiger charge is 2.51. The third-order valence-electron chi connectivity index (χ3n) is 10.0. The van der Waals surface area contributed by atoms with Crippen molar-refractivity contribution in [3.63, 3.8) is 0 Å². The van der Waals surface area contributed by atoms with Gasteiger partial charge in [-0.3, -0.25) is 4.90 Å². The molecule has 2 aromatic heterocycles. The first-order chi connectivity index (χ1) is 20.7. The number of aromatic hydroxyl groups is 1. The third-order valence-corrected chi connectivity index (χ3v) is 10.0. The van der Waals surface area contributed by atoms with E-state index in [0.717, 1.165) is 32.2 Å². The van der Waals surface area contributed by atoms with Gasteiger partial charge in [0.05, 0.1) is 11.1 Å². The quantitative estimate of drug-likeness (QED) is 0.316. The predicted octanol–water partition coefficient (Wildman–Crippen LogP) is 5.71. The number of nitrogens with zero attached hydrogens (tertiary/aromatic N) is 5. The summed E-state index contributed by atoms with van der Waals surface area (Å²) in [5.41, 5.74) is -0.233. The summed E-state index contributed by atoms with van der Waals surface area (Å²) < 4.78 is 58.6. The molecule has 2 aromatic carbocycles. The number of likely N-dealkylation sites (N-methyl/N-ethyl adjacent to an activating group) is 1. The SMILES string of the molecule is CCc1c(F)ccc2cc(O)cc(-c3nc4c5c(nc(OC[C@@]67CCCN6C[C@H](F)C7)nc5c3F)N(C)C3(CC3)CO4)c12. The van der Waals surface area contributed by atoms with Crippen molar-refractivity contribution in [3.05, 3.63) is 41.5 Å². The Bertz CT molecular complexity index is 1820. The maximum absolute atomic E-state index is 16.8. The van der Waals surface area contributed by atoms with Gasteiger partial charge < -0.3 is 19.5 Å². The summed E-state index contributed by atoms with van der Waals surface area (Å²) in [6.07, 6.45) is 3.37. The lowest BCUT2D eigenvalue weighted by molar-refractivity contribution is 0.107. The number of halogens is 3. The van der Waals surface area contributed by atoms with Gasteiger partial charge in [-0.05, 0) is 73.2 Å². The van der Waals surface area contributed by atoms with Crippen LogP contribution in [0, 0.1) is 11.6 Å². The van der Waals surface area contributed by atoms with E-state index in [-0.39, 0.29) is 46.6 Å². The normalized spacial score (nSPS) is 24.0. The maximum Gasteiger partial charge on any atom is 0.319 e. The first kappa shape index (κ1) is 26.7. The lowest BCUT2D eigenvalue weighted by Crippen LogP contribution is -2.43. The molecule has 1 saturated carbocycles. The topological polar surface area (TPSA) is 83.8 Å². The molecule has 3 aliphatic heterocycles. The van der Waals surface area contributed by atoms with E-state index in [0.29, 0.717) is 53.5 Å². The van der Waals surface area contributed by atoms with Crippen LogP contribution in [0.2, 0.25) is 0 Å². The number of aromatic nitrogens is 3. The van der Waals surface area contributed by atoms with E-state index in [1.54, 1.807) is 6.07 Å². The van der Waals surface area contributed by atoms with E-state index in [4.69, 9.17) is 14.5 Å². The molecule has 0 bridgehead atoms. The zero-order valence-electron chi connectivity index (χ0n) is 24.1. The van der Waals surface area contributed by atoms with Gasteiger partial charge in [0, 0.05) is 25.6 Å². The number of ether oxygens (including phenoxy) is 2. The highest BCUT2D eigenvalue weighted by molar-refractivity contribution is 6.03. The number of phenolic OH excluding ortho intramolecular Hbond substituents is 1. The van der Waals surface area contributed by atoms with Gasteiger partial charge in [-0.25, -0.2) is 18.2 Å². The molecule has 8 nitrogen and oxygen atoms in total. The molecule has 1 N–H and O–H groups in total. The molecule has 224 valence electrons. The van der Waals surface area contributed by atoms with E-state index in [2.05, 4.69) is 14.9 Å². The van der Waals surface area contributed by atoms with E-state index in [9.17, 15) is 13.9 Å². The molecule has 43 heavy (non-hydrogen) atoms. The Morgan fingerprint density at radius 2 is 1.95 bits per heavy atom. The van der Waals surface area contributed by atoms with Gasteiger partial charge in [0.15, 0.2) is 5.82 Å². The van der Waals surface area contributed by atoms with Crippen LogP contribution in [-0.4, -0.2) is 75.6 Å². The Kier molecular flexibility index (Phi) is 5.80. The molecular weight excluding hydrogens is 559 g/mol. The largest absolute Gasteiger partial charge is 0.508 e. The molecule has 4 aromatic rings. The second-order valence-corrected chi connectivity index (χ2v) is 12.5. The molecule has 3 fully saturated rings. The molecule has 0 unspecified atom stereocenters. The highest BCUT2D eigenvalue weighted by Crippen LogP contribution is 2.50. The van der Waals surface area contributed by atoms with Crippen LogP contribution in [0.5, 0.6) is 17.6 Å². The van der Waals surface area contributed by atoms with E-state index in [1.807, 2.05) is 18.9 Å². The first-order valence-corrected chi connectivity index (χ1v) is 15.0. The van der Waals surface area contributed by atoms with Crippen molar-refractivity contribution >= 4 is 27.5 Å². The number of hydrogen-bond donors (Lipinski definition) is 1. The molecule has 0 amide bonds. The monoisotopic (exact) mass is 591 g/mol. The summed E-state index contributed by atoms with van der Waals surface area (Å²) >= 11 is 0. The van der Waals surface area contributed by atoms with Crippen LogP contribution in [0.3, 0.4) is 0 Å². The van der Waals surface area contributed by atoms with Crippen LogP contribution in [0.25, 0.3) is 32.9 Å². The average molecular weight is 592 g/mol. The molecule has 1 aliphatic carbocycles. The Balaban J connectivity index is 1.33. The van der Waals surface area contributed by atoms with Gasteiger partial charge in [-0.15, -0.1) is 0 Å². The zero-order valence-corrected chi connectivity index (χ0v) is 24.1. The van der Waals surface area contributed by atoms with E-state index < -0.39 is 23.3 Å². The van der Waals surface area contributed by atoms with Crippen LogP contribution in [0.15, 0.2) is 24.3 Å². The van der Waals surface area contributed by atoms with Crippen molar-refractivity contribution in [2.45, 2.75) is 62.7 Å². The van der Waals surface area contributed by atoms with Crippen LogP contribution >= 0.6 is 0 Å². The van der Waals surface area contributed by atoms with Crippen molar-refractivity contribution in [1.29, 1.82) is 0 Å². The van der Waals surface area contributed by atoms with Crippen LogP contribution < -0.4 is 14.4 Å². The minimum atomic E-state index is -0.910. The molecule has 2 atom stereocenters. The number of alkyl halides is 1. The number of benzene rings is 2. The van der Waals surface area contributed by atoms with Gasteiger partial charge >= 0.3 is 6.01 Å². The fourth-order valence-electron chi connectivity index (χ4n) is 7.52. The average Bonchev–Trinajstić information content (AvgIpc) is 3.61. The second-order valence-electron chi connectivity index (χ2n) is 12.5. The highest BCUT2D eigenvalue weighted by atomic mass is 19.1.